The van der Waals surface area contributed by atoms with Crippen LogP contribution in [0.4, 0.5) is 0 Å². The van der Waals surface area contributed by atoms with E-state index in [9.17, 15) is 0 Å². The number of aryl methyl sites for hydroxylation is 2. The number of nitrogens with one attached hydrogen (secondary N) is 1. The summed E-state index contributed by atoms with van der Waals surface area (Å²) >= 11 is 0. The second-order valence-electron chi connectivity index (χ2n) is 5.43. The quantitative estimate of drug-likeness (QED) is 0.822. The number of allylic oxidation sites excluding steroid dienone is 1. The molecule has 1 N–H and O–H groups in total. The molecular weight excluding hydrogens is 234 g/mol. The lowest BCUT2D eigenvalue weighted by atomic mass is 9.94. The van der Waals surface area contributed by atoms with Gasteiger partial charge in [-0.15, -0.1) is 0 Å². The van der Waals surface area contributed by atoms with Crippen molar-refractivity contribution in [1.82, 2.24) is 15.1 Å². The highest BCUT2D eigenvalue weighted by molar-refractivity contribution is 5.30. The highest BCUT2D eigenvalue weighted by atomic mass is 15.3. The van der Waals surface area contributed by atoms with E-state index in [1.165, 1.54) is 43.4 Å². The van der Waals surface area contributed by atoms with Crippen molar-refractivity contribution in [2.24, 2.45) is 7.05 Å². The molecule has 0 amide bonds. The summed E-state index contributed by atoms with van der Waals surface area (Å²) in [6.45, 7) is 5.38. The molecule has 1 unspecified atom stereocenters. The molecule has 1 aliphatic rings. The van der Waals surface area contributed by atoms with Crippen LogP contribution in [0.5, 0.6) is 0 Å². The summed E-state index contributed by atoms with van der Waals surface area (Å²) in [6, 6.07) is 0.367. The average Bonchev–Trinajstić information content (AvgIpc) is 2.63. The van der Waals surface area contributed by atoms with E-state index >= 15 is 0 Å². The molecule has 1 aromatic heterocycles. The third-order valence-electron chi connectivity index (χ3n) is 3.94. The molecule has 0 saturated heterocycles. The first kappa shape index (κ1) is 14.3. The second kappa shape index (κ2) is 6.90. The SMILES string of the molecule is CCNC(C1=CCCCCC1)c1cn(C)nc1CC. The summed E-state index contributed by atoms with van der Waals surface area (Å²) in [5.74, 6) is 0. The number of hydrogen-bond acceptors (Lipinski definition) is 2. The Morgan fingerprint density at radius 3 is 2.89 bits per heavy atom. The summed E-state index contributed by atoms with van der Waals surface area (Å²) in [6.07, 6.45) is 12.2. The van der Waals surface area contributed by atoms with Crippen molar-refractivity contribution in [3.8, 4) is 0 Å². The Bertz CT molecular complexity index is 431. The van der Waals surface area contributed by atoms with Gasteiger partial charge < -0.3 is 5.32 Å². The highest BCUT2D eigenvalue weighted by Gasteiger charge is 2.21. The Kier molecular flexibility index (Phi) is 5.20. The zero-order chi connectivity index (χ0) is 13.7. The Morgan fingerprint density at radius 1 is 1.32 bits per heavy atom. The number of hydrogen-bond donors (Lipinski definition) is 1. The van der Waals surface area contributed by atoms with Crippen molar-refractivity contribution < 1.29 is 0 Å². The van der Waals surface area contributed by atoms with E-state index < -0.39 is 0 Å². The van der Waals surface area contributed by atoms with Crippen LogP contribution in [0.25, 0.3) is 0 Å². The molecule has 3 heteroatoms. The zero-order valence-corrected chi connectivity index (χ0v) is 12.6. The summed E-state index contributed by atoms with van der Waals surface area (Å²) in [5, 5.41) is 8.26. The van der Waals surface area contributed by atoms with Crippen molar-refractivity contribution in [2.45, 2.75) is 58.4 Å². The van der Waals surface area contributed by atoms with Crippen LogP contribution < -0.4 is 5.32 Å². The summed E-state index contributed by atoms with van der Waals surface area (Å²) in [4.78, 5) is 0. The first-order chi connectivity index (χ1) is 9.26. The van der Waals surface area contributed by atoms with Gasteiger partial charge in [0.25, 0.3) is 0 Å². The Morgan fingerprint density at radius 2 is 2.16 bits per heavy atom. The molecule has 0 spiro atoms. The average molecular weight is 261 g/mol. The number of likely N-dealkylation sites (N-methyl/N-ethyl adjacent to an activating group) is 1. The largest absolute Gasteiger partial charge is 0.307 e. The van der Waals surface area contributed by atoms with Gasteiger partial charge in [-0.05, 0) is 38.6 Å². The molecule has 3 nitrogen and oxygen atoms in total. The summed E-state index contributed by atoms with van der Waals surface area (Å²) in [7, 11) is 2.02. The van der Waals surface area contributed by atoms with Gasteiger partial charge in [-0.1, -0.05) is 31.9 Å². The summed E-state index contributed by atoms with van der Waals surface area (Å²) in [5.41, 5.74) is 4.18. The number of aromatic nitrogens is 2. The van der Waals surface area contributed by atoms with Gasteiger partial charge in [-0.2, -0.15) is 5.10 Å². The van der Waals surface area contributed by atoms with Crippen molar-refractivity contribution >= 4 is 0 Å². The van der Waals surface area contributed by atoms with E-state index in [-0.39, 0.29) is 0 Å². The van der Waals surface area contributed by atoms with Gasteiger partial charge in [-0.3, -0.25) is 4.68 Å². The lowest BCUT2D eigenvalue weighted by Gasteiger charge is -2.21. The van der Waals surface area contributed by atoms with Crippen LogP contribution in [-0.4, -0.2) is 16.3 Å². The van der Waals surface area contributed by atoms with Crippen molar-refractivity contribution in [3.05, 3.63) is 29.1 Å². The molecule has 1 aromatic rings. The smallest absolute Gasteiger partial charge is 0.0672 e. The van der Waals surface area contributed by atoms with Gasteiger partial charge in [0.1, 0.15) is 0 Å². The molecule has 1 aliphatic carbocycles. The van der Waals surface area contributed by atoms with E-state index in [0.29, 0.717) is 6.04 Å². The van der Waals surface area contributed by atoms with Crippen LogP contribution in [0.3, 0.4) is 0 Å². The predicted molar refractivity (Wildman–Crippen MR) is 80.2 cm³/mol. The molecule has 1 atom stereocenters. The maximum absolute atomic E-state index is 4.60. The minimum atomic E-state index is 0.367. The molecule has 1 heterocycles. The topological polar surface area (TPSA) is 29.9 Å². The van der Waals surface area contributed by atoms with Crippen molar-refractivity contribution in [3.63, 3.8) is 0 Å². The third kappa shape index (κ3) is 3.47. The van der Waals surface area contributed by atoms with Gasteiger partial charge in [0, 0.05) is 18.8 Å². The number of rotatable bonds is 5. The van der Waals surface area contributed by atoms with Crippen LogP contribution in [0.2, 0.25) is 0 Å². The molecule has 2 rings (SSSR count). The standard InChI is InChI=1S/C16H27N3/c1-4-15-14(12-19(3)18-15)16(17-5-2)13-10-8-6-7-9-11-13/h10,12,16-17H,4-9,11H2,1-3H3. The molecule has 0 radical (unpaired) electrons. The number of nitrogens with zero attached hydrogens (tertiary/aromatic N) is 2. The fourth-order valence-corrected chi connectivity index (χ4v) is 3.02. The minimum absolute atomic E-state index is 0.367. The fraction of sp³-hybridized carbons (Fsp3) is 0.688. The molecule has 0 saturated carbocycles. The second-order valence-corrected chi connectivity index (χ2v) is 5.43. The molecule has 106 valence electrons. The molecule has 0 aliphatic heterocycles. The van der Waals surface area contributed by atoms with Crippen LogP contribution >= 0.6 is 0 Å². The van der Waals surface area contributed by atoms with Crippen molar-refractivity contribution in [1.29, 1.82) is 0 Å². The first-order valence-electron chi connectivity index (χ1n) is 7.71. The minimum Gasteiger partial charge on any atom is -0.307 e. The maximum Gasteiger partial charge on any atom is 0.0672 e. The van der Waals surface area contributed by atoms with Gasteiger partial charge in [-0.25, -0.2) is 0 Å². The molecule has 0 aromatic carbocycles. The Labute approximate surface area is 117 Å². The van der Waals surface area contributed by atoms with Gasteiger partial charge in [0.15, 0.2) is 0 Å². The van der Waals surface area contributed by atoms with E-state index in [1.54, 1.807) is 5.57 Å². The first-order valence-corrected chi connectivity index (χ1v) is 7.71. The van der Waals surface area contributed by atoms with E-state index in [4.69, 9.17) is 0 Å². The zero-order valence-electron chi connectivity index (χ0n) is 12.6. The summed E-state index contributed by atoms with van der Waals surface area (Å²) < 4.78 is 1.95. The fourth-order valence-electron chi connectivity index (χ4n) is 3.02. The third-order valence-corrected chi connectivity index (χ3v) is 3.94. The van der Waals surface area contributed by atoms with Crippen LogP contribution in [0.1, 0.15) is 63.3 Å². The van der Waals surface area contributed by atoms with Gasteiger partial charge >= 0.3 is 0 Å². The maximum atomic E-state index is 4.60. The van der Waals surface area contributed by atoms with E-state index in [1.807, 2.05) is 11.7 Å². The lowest BCUT2D eigenvalue weighted by Crippen LogP contribution is -2.23. The molecular formula is C16H27N3. The molecule has 0 bridgehead atoms. The molecule has 19 heavy (non-hydrogen) atoms. The van der Waals surface area contributed by atoms with Crippen LogP contribution in [-0.2, 0) is 13.5 Å². The van der Waals surface area contributed by atoms with Crippen LogP contribution in [0, 0.1) is 0 Å². The van der Waals surface area contributed by atoms with E-state index in [2.05, 4.69) is 36.5 Å². The van der Waals surface area contributed by atoms with Crippen LogP contribution in [0.15, 0.2) is 17.8 Å². The Hall–Kier alpha value is -1.09. The Balaban J connectivity index is 2.30. The van der Waals surface area contributed by atoms with Gasteiger partial charge in [0.05, 0.1) is 11.7 Å². The van der Waals surface area contributed by atoms with Crippen molar-refractivity contribution in [2.75, 3.05) is 6.54 Å². The van der Waals surface area contributed by atoms with Gasteiger partial charge in [0.2, 0.25) is 0 Å². The molecule has 0 fully saturated rings. The highest BCUT2D eigenvalue weighted by Crippen LogP contribution is 2.30. The normalized spacial score (nSPS) is 17.9. The lowest BCUT2D eigenvalue weighted by molar-refractivity contribution is 0.585. The van der Waals surface area contributed by atoms with E-state index in [0.717, 1.165) is 13.0 Å². The predicted octanol–water partition coefficient (Wildman–Crippen LogP) is 3.52. The monoisotopic (exact) mass is 261 g/mol.